The van der Waals surface area contributed by atoms with E-state index in [4.69, 9.17) is 0 Å². The molecule has 0 amide bonds. The van der Waals surface area contributed by atoms with E-state index in [-0.39, 0.29) is 0 Å². The molecule has 7 heteroatoms. The van der Waals surface area contributed by atoms with Crippen molar-refractivity contribution in [3.05, 3.63) is 71.9 Å². The Hall–Kier alpha value is -3.09. The molecule has 128 valence electrons. The van der Waals surface area contributed by atoms with Gasteiger partial charge in [0.1, 0.15) is 0 Å². The summed E-state index contributed by atoms with van der Waals surface area (Å²) in [5.74, 6) is -1.05. The van der Waals surface area contributed by atoms with Crippen molar-refractivity contribution < 1.29 is 8.78 Å². The first-order chi connectivity index (χ1) is 12.2. The first kappa shape index (κ1) is 16.8. The lowest BCUT2D eigenvalue weighted by Crippen LogP contribution is -2.08. The Bertz CT molecular complexity index is 827. The summed E-state index contributed by atoms with van der Waals surface area (Å²) in [6.07, 6.45) is 3.29. The molecule has 0 spiro atoms. The number of hydrogen-bond donors (Lipinski definition) is 2. The van der Waals surface area contributed by atoms with Crippen LogP contribution in [0, 0.1) is 11.6 Å². The van der Waals surface area contributed by atoms with Gasteiger partial charge in [0.05, 0.1) is 6.20 Å². The number of anilines is 3. The highest BCUT2D eigenvalue weighted by atomic mass is 19.2. The third-order valence-electron chi connectivity index (χ3n) is 3.52. The minimum Gasteiger partial charge on any atom is -0.353 e. The van der Waals surface area contributed by atoms with E-state index in [0.717, 1.165) is 25.0 Å². The Morgan fingerprint density at radius 3 is 2.60 bits per heavy atom. The minimum atomic E-state index is -0.925. The zero-order chi connectivity index (χ0) is 17.5. The molecule has 0 unspecified atom stereocenters. The van der Waals surface area contributed by atoms with Crippen LogP contribution in [0.3, 0.4) is 0 Å². The van der Waals surface area contributed by atoms with E-state index in [0.29, 0.717) is 24.0 Å². The van der Waals surface area contributed by atoms with Gasteiger partial charge < -0.3 is 10.6 Å². The molecule has 3 rings (SSSR count). The second-order valence-corrected chi connectivity index (χ2v) is 5.44. The average Bonchev–Trinajstić information content (AvgIpc) is 2.63. The Morgan fingerprint density at radius 2 is 1.80 bits per heavy atom. The standard InChI is InChI=1S/C18H17F2N5/c19-15-9-8-14(11-16(15)20)23-17-12-22-25-18(24-17)21-10-4-7-13-5-2-1-3-6-13/h1-3,5-6,8-9,11-12H,4,7,10H2,(H2,21,23,24,25). The van der Waals surface area contributed by atoms with E-state index in [9.17, 15) is 8.78 Å². The van der Waals surface area contributed by atoms with Crippen LogP contribution < -0.4 is 10.6 Å². The van der Waals surface area contributed by atoms with Crippen molar-refractivity contribution in [3.63, 3.8) is 0 Å². The summed E-state index contributed by atoms with van der Waals surface area (Å²) < 4.78 is 26.2. The molecule has 2 aromatic carbocycles. The second-order valence-electron chi connectivity index (χ2n) is 5.44. The molecule has 0 aliphatic heterocycles. The number of benzene rings is 2. The molecule has 1 aromatic heterocycles. The third-order valence-corrected chi connectivity index (χ3v) is 3.52. The molecule has 25 heavy (non-hydrogen) atoms. The van der Waals surface area contributed by atoms with Crippen molar-refractivity contribution in [2.75, 3.05) is 17.2 Å². The summed E-state index contributed by atoms with van der Waals surface area (Å²) >= 11 is 0. The fourth-order valence-electron chi connectivity index (χ4n) is 2.30. The summed E-state index contributed by atoms with van der Waals surface area (Å²) in [7, 11) is 0. The number of nitrogens with one attached hydrogen (secondary N) is 2. The first-order valence-corrected chi connectivity index (χ1v) is 7.90. The van der Waals surface area contributed by atoms with Crippen molar-refractivity contribution in [1.29, 1.82) is 0 Å². The summed E-state index contributed by atoms with van der Waals surface area (Å²) in [6.45, 7) is 0.700. The van der Waals surface area contributed by atoms with Gasteiger partial charge in [0.25, 0.3) is 0 Å². The van der Waals surface area contributed by atoms with Crippen molar-refractivity contribution in [1.82, 2.24) is 15.2 Å². The van der Waals surface area contributed by atoms with Gasteiger partial charge in [0, 0.05) is 18.3 Å². The van der Waals surface area contributed by atoms with Crippen LogP contribution in [0.2, 0.25) is 0 Å². The normalized spacial score (nSPS) is 10.5. The number of halogens is 2. The molecule has 0 saturated carbocycles. The van der Waals surface area contributed by atoms with E-state index in [1.165, 1.54) is 17.8 Å². The van der Waals surface area contributed by atoms with Crippen LogP contribution in [0.4, 0.5) is 26.2 Å². The zero-order valence-electron chi connectivity index (χ0n) is 13.4. The van der Waals surface area contributed by atoms with Crippen molar-refractivity contribution in [2.24, 2.45) is 0 Å². The maximum Gasteiger partial charge on any atom is 0.244 e. The number of nitrogens with zero attached hydrogens (tertiary/aromatic N) is 3. The van der Waals surface area contributed by atoms with Crippen LogP contribution >= 0.6 is 0 Å². The lowest BCUT2D eigenvalue weighted by atomic mass is 10.1. The predicted molar refractivity (Wildman–Crippen MR) is 92.7 cm³/mol. The van der Waals surface area contributed by atoms with Gasteiger partial charge in [-0.1, -0.05) is 30.3 Å². The van der Waals surface area contributed by atoms with Crippen LogP contribution in [0.1, 0.15) is 12.0 Å². The summed E-state index contributed by atoms with van der Waals surface area (Å²) in [6, 6.07) is 13.7. The minimum absolute atomic E-state index is 0.376. The van der Waals surface area contributed by atoms with Gasteiger partial charge in [0.2, 0.25) is 5.95 Å². The summed E-state index contributed by atoms with van der Waals surface area (Å²) in [4.78, 5) is 4.25. The maximum atomic E-state index is 13.2. The molecule has 0 bridgehead atoms. The van der Waals surface area contributed by atoms with E-state index < -0.39 is 11.6 Å². The lowest BCUT2D eigenvalue weighted by molar-refractivity contribution is 0.509. The van der Waals surface area contributed by atoms with Crippen molar-refractivity contribution in [2.45, 2.75) is 12.8 Å². The van der Waals surface area contributed by atoms with Crippen LogP contribution in [0.15, 0.2) is 54.7 Å². The summed E-state index contributed by atoms with van der Waals surface area (Å²) in [5.41, 5.74) is 1.66. The highest BCUT2D eigenvalue weighted by molar-refractivity contribution is 5.56. The van der Waals surface area contributed by atoms with E-state index in [1.54, 1.807) is 0 Å². The lowest BCUT2D eigenvalue weighted by Gasteiger charge is -2.08. The average molecular weight is 341 g/mol. The largest absolute Gasteiger partial charge is 0.353 e. The number of rotatable bonds is 7. The van der Waals surface area contributed by atoms with Crippen LogP contribution in [-0.4, -0.2) is 21.7 Å². The molecule has 0 radical (unpaired) electrons. The molecular weight excluding hydrogens is 324 g/mol. The molecule has 2 N–H and O–H groups in total. The third kappa shape index (κ3) is 4.94. The Balaban J connectivity index is 1.53. The molecule has 0 aliphatic rings. The Kier molecular flexibility index (Phi) is 5.46. The molecule has 0 saturated heterocycles. The number of aromatic nitrogens is 3. The molecule has 5 nitrogen and oxygen atoms in total. The Labute approximate surface area is 144 Å². The van der Waals surface area contributed by atoms with E-state index >= 15 is 0 Å². The quantitative estimate of drug-likeness (QED) is 0.638. The molecule has 0 atom stereocenters. The van der Waals surface area contributed by atoms with E-state index in [1.807, 2.05) is 18.2 Å². The predicted octanol–water partition coefficient (Wildman–Crippen LogP) is 3.94. The first-order valence-electron chi connectivity index (χ1n) is 7.90. The fraction of sp³-hybridized carbons (Fsp3) is 0.167. The van der Waals surface area contributed by atoms with Gasteiger partial charge in [-0.25, -0.2) is 8.78 Å². The van der Waals surface area contributed by atoms with Gasteiger partial charge in [-0.3, -0.25) is 0 Å². The monoisotopic (exact) mass is 341 g/mol. The van der Waals surface area contributed by atoms with Crippen LogP contribution in [-0.2, 0) is 6.42 Å². The smallest absolute Gasteiger partial charge is 0.244 e. The van der Waals surface area contributed by atoms with Gasteiger partial charge in [0.15, 0.2) is 17.5 Å². The maximum absolute atomic E-state index is 13.2. The molecule has 0 aliphatic carbocycles. The van der Waals surface area contributed by atoms with E-state index in [2.05, 4.69) is 37.9 Å². The highest BCUT2D eigenvalue weighted by Crippen LogP contribution is 2.17. The second kappa shape index (κ2) is 8.14. The van der Waals surface area contributed by atoms with Gasteiger partial charge >= 0.3 is 0 Å². The highest BCUT2D eigenvalue weighted by Gasteiger charge is 2.05. The van der Waals surface area contributed by atoms with Crippen LogP contribution in [0.25, 0.3) is 0 Å². The molecule has 1 heterocycles. The molecule has 3 aromatic rings. The van der Waals surface area contributed by atoms with Gasteiger partial charge in [-0.15, -0.1) is 5.10 Å². The summed E-state index contributed by atoms with van der Waals surface area (Å²) in [5, 5.41) is 13.7. The van der Waals surface area contributed by atoms with Gasteiger partial charge in [-0.05, 0) is 30.5 Å². The van der Waals surface area contributed by atoms with Crippen molar-refractivity contribution in [3.8, 4) is 0 Å². The molecule has 0 fully saturated rings. The number of aryl methyl sites for hydroxylation is 1. The zero-order valence-corrected chi connectivity index (χ0v) is 13.4. The number of hydrogen-bond acceptors (Lipinski definition) is 5. The molecular formula is C18H17F2N5. The Morgan fingerprint density at radius 1 is 0.960 bits per heavy atom. The topological polar surface area (TPSA) is 62.7 Å². The fourth-order valence-corrected chi connectivity index (χ4v) is 2.30. The van der Waals surface area contributed by atoms with Gasteiger partial charge in [-0.2, -0.15) is 10.1 Å². The SMILES string of the molecule is Fc1ccc(Nc2cnnc(NCCCc3ccccc3)n2)cc1F. The van der Waals surface area contributed by atoms with Crippen LogP contribution in [0.5, 0.6) is 0 Å². The van der Waals surface area contributed by atoms with Crippen molar-refractivity contribution >= 4 is 17.5 Å².